The van der Waals surface area contributed by atoms with Gasteiger partial charge in [0.05, 0.1) is 18.5 Å². The zero-order valence-electron chi connectivity index (χ0n) is 13.4. The molecule has 0 unspecified atom stereocenters. The van der Waals surface area contributed by atoms with Crippen LogP contribution in [0.4, 0.5) is 5.13 Å². The lowest BCUT2D eigenvalue weighted by Gasteiger charge is -2.31. The lowest BCUT2D eigenvalue weighted by atomic mass is 10.1. The molecule has 1 aliphatic heterocycles. The summed E-state index contributed by atoms with van der Waals surface area (Å²) >= 11 is 1.46. The Bertz CT molecular complexity index is 628. The molecule has 23 heavy (non-hydrogen) atoms. The Morgan fingerprint density at radius 3 is 2.83 bits per heavy atom. The summed E-state index contributed by atoms with van der Waals surface area (Å²) in [4.78, 5) is 15.3. The summed E-state index contributed by atoms with van der Waals surface area (Å²) in [5.41, 5.74) is 0.873. The van der Waals surface area contributed by atoms with Crippen LogP contribution in [-0.2, 0) is 11.2 Å². The summed E-state index contributed by atoms with van der Waals surface area (Å²) in [6.45, 7) is 4.41. The lowest BCUT2D eigenvalue weighted by Crippen LogP contribution is -2.38. The van der Waals surface area contributed by atoms with Crippen molar-refractivity contribution >= 4 is 16.7 Å². The zero-order valence-corrected chi connectivity index (χ0v) is 14.3. The summed E-state index contributed by atoms with van der Waals surface area (Å²) in [6, 6.07) is 0. The van der Waals surface area contributed by atoms with E-state index in [1.807, 2.05) is 6.92 Å². The second-order valence-electron chi connectivity index (χ2n) is 5.54. The van der Waals surface area contributed by atoms with Gasteiger partial charge in [0.25, 0.3) is 0 Å². The van der Waals surface area contributed by atoms with E-state index in [4.69, 9.17) is 9.47 Å². The maximum Gasteiger partial charge on any atom is 0.232 e. The fourth-order valence-electron chi connectivity index (χ4n) is 2.50. The van der Waals surface area contributed by atoms with Crippen molar-refractivity contribution < 1.29 is 9.47 Å². The molecule has 0 aliphatic carbocycles. The van der Waals surface area contributed by atoms with Gasteiger partial charge < -0.3 is 14.4 Å². The minimum atomic E-state index is 0.184. The van der Waals surface area contributed by atoms with Crippen LogP contribution < -0.4 is 9.64 Å². The van der Waals surface area contributed by atoms with Crippen LogP contribution in [0.5, 0.6) is 5.88 Å². The first kappa shape index (κ1) is 16.1. The molecule has 7 nitrogen and oxygen atoms in total. The van der Waals surface area contributed by atoms with Gasteiger partial charge in [-0.1, -0.05) is 0 Å². The van der Waals surface area contributed by atoms with Gasteiger partial charge in [0.15, 0.2) is 0 Å². The van der Waals surface area contributed by atoms with Crippen LogP contribution in [0.3, 0.4) is 0 Å². The molecule has 2 aromatic heterocycles. The number of aromatic nitrogens is 4. The molecule has 3 heterocycles. The maximum absolute atomic E-state index is 5.93. The molecule has 0 radical (unpaired) electrons. The Hall–Kier alpha value is -1.80. The molecule has 0 saturated carbocycles. The van der Waals surface area contributed by atoms with E-state index in [1.165, 1.54) is 11.5 Å². The molecule has 0 N–H and O–H groups in total. The van der Waals surface area contributed by atoms with E-state index in [2.05, 4.69) is 24.2 Å². The third kappa shape index (κ3) is 4.35. The van der Waals surface area contributed by atoms with Crippen molar-refractivity contribution in [3.63, 3.8) is 0 Å². The number of hydrogen-bond donors (Lipinski definition) is 0. The van der Waals surface area contributed by atoms with E-state index in [1.54, 1.807) is 19.5 Å². The van der Waals surface area contributed by atoms with E-state index in [-0.39, 0.29) is 6.10 Å². The molecule has 124 valence electrons. The predicted octanol–water partition coefficient (Wildman–Crippen LogP) is 1.87. The molecule has 0 aromatic carbocycles. The fourth-order valence-corrected chi connectivity index (χ4v) is 3.26. The largest absolute Gasteiger partial charge is 0.473 e. The van der Waals surface area contributed by atoms with Gasteiger partial charge in [0.2, 0.25) is 11.0 Å². The maximum atomic E-state index is 5.93. The van der Waals surface area contributed by atoms with Crippen molar-refractivity contribution in [1.82, 2.24) is 19.3 Å². The second kappa shape index (κ2) is 7.65. The molecule has 1 aliphatic rings. The number of piperidine rings is 1. The van der Waals surface area contributed by atoms with Crippen molar-refractivity contribution in [1.29, 1.82) is 0 Å². The molecule has 0 bridgehead atoms. The van der Waals surface area contributed by atoms with Crippen molar-refractivity contribution in [3.05, 3.63) is 23.9 Å². The average Bonchev–Trinajstić information content (AvgIpc) is 3.02. The van der Waals surface area contributed by atoms with Crippen LogP contribution in [0.1, 0.15) is 24.4 Å². The number of aryl methyl sites for hydroxylation is 1. The molecular formula is C15H21N5O2S. The highest BCUT2D eigenvalue weighted by Gasteiger charge is 2.23. The van der Waals surface area contributed by atoms with Crippen molar-refractivity contribution in [2.24, 2.45) is 0 Å². The number of methoxy groups -OCH3 is 1. The third-order valence-corrected chi connectivity index (χ3v) is 4.53. The van der Waals surface area contributed by atoms with Crippen molar-refractivity contribution in [3.8, 4) is 5.88 Å². The molecule has 8 heteroatoms. The zero-order chi connectivity index (χ0) is 16.1. The molecule has 3 rings (SSSR count). The minimum Gasteiger partial charge on any atom is -0.473 e. The predicted molar refractivity (Wildman–Crippen MR) is 88.1 cm³/mol. The highest BCUT2D eigenvalue weighted by molar-refractivity contribution is 7.09. The Morgan fingerprint density at radius 2 is 2.09 bits per heavy atom. The van der Waals surface area contributed by atoms with Crippen LogP contribution in [0.2, 0.25) is 0 Å². The first-order valence-corrected chi connectivity index (χ1v) is 8.53. The highest BCUT2D eigenvalue weighted by atomic mass is 32.1. The van der Waals surface area contributed by atoms with E-state index >= 15 is 0 Å². The molecule has 1 fully saturated rings. The highest BCUT2D eigenvalue weighted by Crippen LogP contribution is 2.24. The number of anilines is 1. The van der Waals surface area contributed by atoms with Crippen LogP contribution in [-0.4, -0.2) is 52.2 Å². The molecule has 1 saturated heterocycles. The van der Waals surface area contributed by atoms with Crippen LogP contribution in [0.15, 0.2) is 12.4 Å². The molecule has 2 aromatic rings. The van der Waals surface area contributed by atoms with Gasteiger partial charge in [-0.2, -0.15) is 4.37 Å². The van der Waals surface area contributed by atoms with Gasteiger partial charge in [0, 0.05) is 57.2 Å². The van der Waals surface area contributed by atoms with Gasteiger partial charge in [-0.3, -0.25) is 4.98 Å². The Kier molecular flexibility index (Phi) is 5.35. The molecule has 0 spiro atoms. The Balaban J connectivity index is 1.51. The topological polar surface area (TPSA) is 73.3 Å². The summed E-state index contributed by atoms with van der Waals surface area (Å²) in [6.07, 6.45) is 6.24. The monoisotopic (exact) mass is 335 g/mol. The smallest absolute Gasteiger partial charge is 0.232 e. The van der Waals surface area contributed by atoms with E-state index in [0.29, 0.717) is 12.5 Å². The first-order valence-electron chi connectivity index (χ1n) is 7.76. The Labute approximate surface area is 139 Å². The second-order valence-corrected chi connectivity index (χ2v) is 6.27. The Morgan fingerprint density at radius 1 is 1.26 bits per heavy atom. The minimum absolute atomic E-state index is 0.184. The molecule has 0 amide bonds. The quantitative estimate of drug-likeness (QED) is 0.798. The lowest BCUT2D eigenvalue weighted by molar-refractivity contribution is 0.163. The fraction of sp³-hybridized carbons (Fsp3) is 0.600. The van der Waals surface area contributed by atoms with Gasteiger partial charge >= 0.3 is 0 Å². The number of rotatable bonds is 6. The van der Waals surface area contributed by atoms with E-state index in [0.717, 1.165) is 49.0 Å². The van der Waals surface area contributed by atoms with E-state index < -0.39 is 0 Å². The van der Waals surface area contributed by atoms with Gasteiger partial charge in [-0.05, 0) is 6.92 Å². The average molecular weight is 335 g/mol. The summed E-state index contributed by atoms with van der Waals surface area (Å²) < 4.78 is 15.4. The van der Waals surface area contributed by atoms with Crippen molar-refractivity contribution in [2.75, 3.05) is 31.7 Å². The summed E-state index contributed by atoms with van der Waals surface area (Å²) in [5, 5.41) is 0.991. The number of ether oxygens (including phenoxy) is 2. The molecule has 0 atom stereocenters. The third-order valence-electron chi connectivity index (χ3n) is 3.72. The van der Waals surface area contributed by atoms with Crippen molar-refractivity contribution in [2.45, 2.75) is 32.3 Å². The van der Waals surface area contributed by atoms with Crippen LogP contribution in [0, 0.1) is 6.92 Å². The van der Waals surface area contributed by atoms with Gasteiger partial charge in [-0.25, -0.2) is 9.97 Å². The first-order chi connectivity index (χ1) is 11.2. The number of hydrogen-bond acceptors (Lipinski definition) is 8. The van der Waals surface area contributed by atoms with E-state index in [9.17, 15) is 0 Å². The normalized spacial score (nSPS) is 15.8. The SMILES string of the molecule is COCCc1nsc(N2CCC(Oc3cncc(C)n3)CC2)n1. The van der Waals surface area contributed by atoms with Gasteiger partial charge in [-0.15, -0.1) is 0 Å². The van der Waals surface area contributed by atoms with Gasteiger partial charge in [0.1, 0.15) is 11.9 Å². The van der Waals surface area contributed by atoms with Crippen LogP contribution >= 0.6 is 11.5 Å². The number of nitrogens with zero attached hydrogens (tertiary/aromatic N) is 5. The summed E-state index contributed by atoms with van der Waals surface area (Å²) in [5.74, 6) is 1.47. The van der Waals surface area contributed by atoms with Crippen LogP contribution in [0.25, 0.3) is 0 Å². The standard InChI is InChI=1S/C15H21N5O2S/c1-11-9-16-10-14(17-11)22-12-3-6-20(7-4-12)15-18-13(19-23-15)5-8-21-2/h9-10,12H,3-8H2,1-2H3. The summed E-state index contributed by atoms with van der Waals surface area (Å²) in [7, 11) is 1.69. The molecular weight excluding hydrogens is 314 g/mol.